The third kappa shape index (κ3) is 3.66. The summed E-state index contributed by atoms with van der Waals surface area (Å²) in [4.78, 5) is 12.5. The van der Waals surface area contributed by atoms with Crippen LogP contribution in [0, 0.1) is 30.6 Å². The molecule has 0 saturated carbocycles. The topological polar surface area (TPSA) is 46.9 Å². The fourth-order valence-corrected chi connectivity index (χ4v) is 3.06. The number of halogens is 2. The Kier molecular flexibility index (Phi) is 5.30. The molecule has 3 unspecified atom stereocenters. The standard InChI is InChI=1S/C17H23ClFN3O/c1-9(2)10(3)13-8-12(18)6-7-14(13)20-17(23)15-11(4)21-22(5)16(15)19/h6-10,13-14H,1-5H3,(H,20,23). The molecule has 0 radical (unpaired) electrons. The third-order valence-corrected chi connectivity index (χ3v) is 4.82. The molecule has 0 aromatic carbocycles. The molecule has 0 fully saturated rings. The first-order valence-electron chi connectivity index (χ1n) is 7.77. The molecule has 0 aliphatic heterocycles. The van der Waals surface area contributed by atoms with Crippen LogP contribution in [-0.2, 0) is 7.05 Å². The lowest BCUT2D eigenvalue weighted by Gasteiger charge is -2.32. The molecule has 0 saturated heterocycles. The summed E-state index contributed by atoms with van der Waals surface area (Å²) in [5, 5.41) is 7.53. The Morgan fingerprint density at radius 1 is 1.43 bits per heavy atom. The van der Waals surface area contributed by atoms with Crippen molar-refractivity contribution in [3.63, 3.8) is 0 Å². The van der Waals surface area contributed by atoms with Crippen molar-refractivity contribution in [3.8, 4) is 0 Å². The van der Waals surface area contributed by atoms with Crippen molar-refractivity contribution in [2.75, 3.05) is 0 Å². The zero-order valence-corrected chi connectivity index (χ0v) is 14.9. The van der Waals surface area contributed by atoms with Crippen molar-refractivity contribution in [2.24, 2.45) is 24.8 Å². The SMILES string of the molecule is Cc1nn(C)c(F)c1C(=O)NC1C=CC(Cl)=CC1C(C)C(C)C. The fraction of sp³-hybridized carbons (Fsp3) is 0.529. The van der Waals surface area contributed by atoms with E-state index < -0.39 is 11.9 Å². The molecule has 1 heterocycles. The van der Waals surface area contributed by atoms with Gasteiger partial charge in [0.2, 0.25) is 5.95 Å². The first-order valence-corrected chi connectivity index (χ1v) is 8.15. The van der Waals surface area contributed by atoms with E-state index >= 15 is 0 Å². The largest absolute Gasteiger partial charge is 0.345 e. The van der Waals surface area contributed by atoms with Gasteiger partial charge in [-0.1, -0.05) is 44.5 Å². The van der Waals surface area contributed by atoms with Crippen LogP contribution in [0.1, 0.15) is 36.8 Å². The minimum atomic E-state index is -0.623. The van der Waals surface area contributed by atoms with Crippen molar-refractivity contribution >= 4 is 17.5 Å². The predicted octanol–water partition coefficient (Wildman–Crippen LogP) is 3.57. The molecule has 1 aromatic rings. The summed E-state index contributed by atoms with van der Waals surface area (Å²) in [6, 6.07) is -0.221. The van der Waals surface area contributed by atoms with Crippen LogP contribution >= 0.6 is 11.6 Å². The van der Waals surface area contributed by atoms with Gasteiger partial charge in [-0.05, 0) is 24.8 Å². The number of amides is 1. The lowest BCUT2D eigenvalue weighted by Crippen LogP contribution is -2.43. The van der Waals surface area contributed by atoms with E-state index in [1.807, 2.05) is 12.2 Å². The molecule has 4 nitrogen and oxygen atoms in total. The highest BCUT2D eigenvalue weighted by Crippen LogP contribution is 2.31. The summed E-state index contributed by atoms with van der Waals surface area (Å²) in [5.74, 6) is -0.254. The zero-order chi connectivity index (χ0) is 17.3. The molecule has 3 atom stereocenters. The van der Waals surface area contributed by atoms with Gasteiger partial charge in [0, 0.05) is 18.0 Å². The van der Waals surface area contributed by atoms with Gasteiger partial charge in [0.25, 0.3) is 5.91 Å². The van der Waals surface area contributed by atoms with Gasteiger partial charge < -0.3 is 5.32 Å². The number of carbonyl (C=O) groups excluding carboxylic acids is 1. The van der Waals surface area contributed by atoms with Crippen LogP contribution in [0.2, 0.25) is 0 Å². The second kappa shape index (κ2) is 6.87. The predicted molar refractivity (Wildman–Crippen MR) is 89.7 cm³/mol. The number of rotatable bonds is 4. The molecule has 1 N–H and O–H groups in total. The van der Waals surface area contributed by atoms with Gasteiger partial charge in [0.05, 0.1) is 11.7 Å². The van der Waals surface area contributed by atoms with Gasteiger partial charge in [0.1, 0.15) is 5.56 Å². The first kappa shape index (κ1) is 17.7. The van der Waals surface area contributed by atoms with E-state index in [1.165, 1.54) is 7.05 Å². The molecule has 1 amide bonds. The van der Waals surface area contributed by atoms with Crippen molar-refractivity contribution < 1.29 is 9.18 Å². The monoisotopic (exact) mass is 339 g/mol. The lowest BCUT2D eigenvalue weighted by atomic mass is 9.78. The summed E-state index contributed by atoms with van der Waals surface area (Å²) < 4.78 is 15.1. The van der Waals surface area contributed by atoms with E-state index in [1.54, 1.807) is 13.0 Å². The first-order chi connectivity index (χ1) is 10.7. The minimum Gasteiger partial charge on any atom is -0.345 e. The van der Waals surface area contributed by atoms with Gasteiger partial charge in [-0.15, -0.1) is 0 Å². The number of carbonyl (C=O) groups is 1. The lowest BCUT2D eigenvalue weighted by molar-refractivity contribution is 0.0922. The molecule has 23 heavy (non-hydrogen) atoms. The Balaban J connectivity index is 2.23. The molecule has 126 valence electrons. The summed E-state index contributed by atoms with van der Waals surface area (Å²) in [5.41, 5.74) is 0.377. The normalized spacial score (nSPS) is 22.2. The van der Waals surface area contributed by atoms with Crippen LogP contribution in [0.4, 0.5) is 4.39 Å². The van der Waals surface area contributed by atoms with Crippen molar-refractivity contribution in [1.29, 1.82) is 0 Å². The van der Waals surface area contributed by atoms with Crippen LogP contribution in [-0.4, -0.2) is 21.7 Å². The average Bonchev–Trinajstić information content (AvgIpc) is 2.73. The Bertz CT molecular complexity index is 663. The van der Waals surface area contributed by atoms with Crippen LogP contribution in [0.5, 0.6) is 0 Å². The quantitative estimate of drug-likeness (QED) is 0.911. The Labute approximate surface area is 141 Å². The maximum absolute atomic E-state index is 14.1. The number of aryl methyl sites for hydroxylation is 2. The molecule has 1 aliphatic carbocycles. The van der Waals surface area contributed by atoms with E-state index in [4.69, 9.17) is 11.6 Å². The molecule has 1 aromatic heterocycles. The van der Waals surface area contributed by atoms with Crippen LogP contribution in [0.25, 0.3) is 0 Å². The number of aromatic nitrogens is 2. The van der Waals surface area contributed by atoms with Crippen LogP contribution in [0.3, 0.4) is 0 Å². The number of nitrogens with zero attached hydrogens (tertiary/aromatic N) is 2. The smallest absolute Gasteiger partial charge is 0.258 e. The van der Waals surface area contributed by atoms with E-state index in [9.17, 15) is 9.18 Å². The van der Waals surface area contributed by atoms with Crippen molar-refractivity contribution in [1.82, 2.24) is 15.1 Å². The zero-order valence-electron chi connectivity index (χ0n) is 14.1. The fourth-order valence-electron chi connectivity index (χ4n) is 2.85. The van der Waals surface area contributed by atoms with Gasteiger partial charge in [-0.2, -0.15) is 9.49 Å². The second-order valence-electron chi connectivity index (χ2n) is 6.47. The highest BCUT2D eigenvalue weighted by atomic mass is 35.5. The highest BCUT2D eigenvalue weighted by Gasteiger charge is 2.30. The summed E-state index contributed by atoms with van der Waals surface area (Å²) in [7, 11) is 1.48. The minimum absolute atomic E-state index is 0.00231. The van der Waals surface area contributed by atoms with Crippen molar-refractivity contribution in [3.05, 3.63) is 40.5 Å². The van der Waals surface area contributed by atoms with Crippen LogP contribution in [0.15, 0.2) is 23.3 Å². The number of allylic oxidation sites excluding steroid dienone is 2. The molecular weight excluding hydrogens is 317 g/mol. The number of hydrogen-bond acceptors (Lipinski definition) is 2. The molecule has 2 rings (SSSR count). The van der Waals surface area contributed by atoms with Gasteiger partial charge in [0.15, 0.2) is 0 Å². The molecular formula is C17H23ClFN3O. The Morgan fingerprint density at radius 3 is 2.61 bits per heavy atom. The average molecular weight is 340 g/mol. The number of hydrogen-bond donors (Lipinski definition) is 1. The maximum Gasteiger partial charge on any atom is 0.258 e. The summed E-state index contributed by atoms with van der Waals surface area (Å²) in [6.45, 7) is 8.02. The van der Waals surface area contributed by atoms with Crippen LogP contribution < -0.4 is 5.32 Å². The maximum atomic E-state index is 14.1. The van der Waals surface area contributed by atoms with E-state index in [0.717, 1.165) is 4.68 Å². The third-order valence-electron chi connectivity index (χ3n) is 4.56. The summed E-state index contributed by atoms with van der Waals surface area (Å²) >= 11 is 6.12. The highest BCUT2D eigenvalue weighted by molar-refractivity contribution is 6.31. The second-order valence-corrected chi connectivity index (χ2v) is 6.90. The number of nitrogens with one attached hydrogen (secondary N) is 1. The van der Waals surface area contributed by atoms with Gasteiger partial charge in [-0.25, -0.2) is 4.68 Å². The van der Waals surface area contributed by atoms with Gasteiger partial charge in [-0.3, -0.25) is 4.79 Å². The molecule has 0 bridgehead atoms. The summed E-state index contributed by atoms with van der Waals surface area (Å²) in [6.07, 6.45) is 5.60. The van der Waals surface area contributed by atoms with E-state index in [-0.39, 0.29) is 17.5 Å². The molecule has 6 heteroatoms. The Morgan fingerprint density at radius 2 is 2.09 bits per heavy atom. The molecule has 0 spiro atoms. The van der Waals surface area contributed by atoms with Crippen molar-refractivity contribution in [2.45, 2.75) is 33.7 Å². The van der Waals surface area contributed by atoms with E-state index in [2.05, 4.69) is 31.2 Å². The van der Waals surface area contributed by atoms with E-state index in [0.29, 0.717) is 22.6 Å². The molecule has 1 aliphatic rings. The Hall–Kier alpha value is -1.62. The van der Waals surface area contributed by atoms with Gasteiger partial charge >= 0.3 is 0 Å².